The van der Waals surface area contributed by atoms with Crippen LogP contribution in [0.1, 0.15) is 44.9 Å². The van der Waals surface area contributed by atoms with E-state index in [1.165, 1.54) is 19.3 Å². The summed E-state index contributed by atoms with van der Waals surface area (Å²) in [7, 11) is 1.61. The number of carbonyl (C=O) groups is 2. The zero-order chi connectivity index (χ0) is 19.1. The fourth-order valence-electron chi connectivity index (χ4n) is 3.77. The van der Waals surface area contributed by atoms with Crippen LogP contribution in [0.5, 0.6) is 5.75 Å². The standard InChI is InChI=1S/C20H30N4O3/c1-27-18-9-7-16(8-10-18)21-19(25)22-17-11-13-24(14-12-17)20(26)23-15-5-3-2-4-6-15/h7-10,15,17H,2-6,11-14H2,1H3,(H,23,26)(H2,21,22,25). The molecule has 1 aromatic rings. The molecule has 1 aliphatic carbocycles. The molecule has 3 N–H and O–H groups in total. The zero-order valence-corrected chi connectivity index (χ0v) is 16.0. The molecular formula is C20H30N4O3. The van der Waals surface area contributed by atoms with Crippen molar-refractivity contribution in [2.45, 2.75) is 57.0 Å². The van der Waals surface area contributed by atoms with E-state index in [9.17, 15) is 9.59 Å². The van der Waals surface area contributed by atoms with Gasteiger partial charge in [-0.15, -0.1) is 0 Å². The Balaban J connectivity index is 1.38. The zero-order valence-electron chi connectivity index (χ0n) is 16.0. The molecule has 0 spiro atoms. The van der Waals surface area contributed by atoms with Gasteiger partial charge in [0.2, 0.25) is 0 Å². The predicted molar refractivity (Wildman–Crippen MR) is 105 cm³/mol. The maximum Gasteiger partial charge on any atom is 0.319 e. The molecule has 0 atom stereocenters. The van der Waals surface area contributed by atoms with Crippen molar-refractivity contribution in [3.8, 4) is 5.75 Å². The third kappa shape index (κ3) is 5.77. The number of likely N-dealkylation sites (tertiary alicyclic amines) is 1. The lowest BCUT2D eigenvalue weighted by molar-refractivity contribution is 0.170. The number of nitrogens with zero attached hydrogens (tertiary/aromatic N) is 1. The van der Waals surface area contributed by atoms with Gasteiger partial charge in [-0.1, -0.05) is 19.3 Å². The van der Waals surface area contributed by atoms with Gasteiger partial charge in [0.25, 0.3) is 0 Å². The Kier molecular flexibility index (Phi) is 6.79. The molecule has 2 aliphatic rings. The summed E-state index contributed by atoms with van der Waals surface area (Å²) >= 11 is 0. The topological polar surface area (TPSA) is 82.7 Å². The largest absolute Gasteiger partial charge is 0.497 e. The Labute approximate surface area is 160 Å². The molecule has 0 aromatic heterocycles. The Morgan fingerprint density at radius 1 is 0.926 bits per heavy atom. The highest BCUT2D eigenvalue weighted by molar-refractivity contribution is 5.89. The van der Waals surface area contributed by atoms with Crippen molar-refractivity contribution in [1.82, 2.24) is 15.5 Å². The number of hydrogen-bond donors (Lipinski definition) is 3. The molecular weight excluding hydrogens is 344 g/mol. The smallest absolute Gasteiger partial charge is 0.319 e. The maximum absolute atomic E-state index is 12.4. The molecule has 7 heteroatoms. The summed E-state index contributed by atoms with van der Waals surface area (Å²) in [5.74, 6) is 0.750. The van der Waals surface area contributed by atoms with E-state index in [1.807, 2.05) is 4.90 Å². The number of ether oxygens (including phenoxy) is 1. The van der Waals surface area contributed by atoms with E-state index < -0.39 is 0 Å². The molecule has 1 aromatic carbocycles. The lowest BCUT2D eigenvalue weighted by Gasteiger charge is -2.34. The van der Waals surface area contributed by atoms with Crippen LogP contribution in [0, 0.1) is 0 Å². The second-order valence-corrected chi connectivity index (χ2v) is 7.37. The molecule has 1 saturated heterocycles. The molecule has 7 nitrogen and oxygen atoms in total. The molecule has 1 aliphatic heterocycles. The summed E-state index contributed by atoms with van der Waals surface area (Å²) in [5.41, 5.74) is 0.720. The predicted octanol–water partition coefficient (Wildman–Crippen LogP) is 3.32. The molecule has 3 rings (SSSR count). The highest BCUT2D eigenvalue weighted by Crippen LogP contribution is 2.19. The molecule has 2 fully saturated rings. The molecule has 0 radical (unpaired) electrons. The number of piperidine rings is 1. The van der Waals surface area contributed by atoms with Crippen molar-refractivity contribution in [3.63, 3.8) is 0 Å². The molecule has 1 heterocycles. The Morgan fingerprint density at radius 2 is 1.56 bits per heavy atom. The highest BCUT2D eigenvalue weighted by atomic mass is 16.5. The number of anilines is 1. The van der Waals surface area contributed by atoms with Crippen molar-refractivity contribution < 1.29 is 14.3 Å². The van der Waals surface area contributed by atoms with Gasteiger partial charge in [0, 0.05) is 30.9 Å². The minimum atomic E-state index is -0.217. The minimum Gasteiger partial charge on any atom is -0.497 e. The Hall–Kier alpha value is -2.44. The third-order valence-corrected chi connectivity index (χ3v) is 5.40. The minimum absolute atomic E-state index is 0.0445. The molecule has 27 heavy (non-hydrogen) atoms. The molecule has 0 bridgehead atoms. The lowest BCUT2D eigenvalue weighted by atomic mass is 9.95. The van der Waals surface area contributed by atoms with Crippen molar-refractivity contribution in [3.05, 3.63) is 24.3 Å². The van der Waals surface area contributed by atoms with Crippen molar-refractivity contribution in [2.24, 2.45) is 0 Å². The van der Waals surface area contributed by atoms with E-state index in [4.69, 9.17) is 4.74 Å². The van der Waals surface area contributed by atoms with E-state index in [-0.39, 0.29) is 18.1 Å². The molecule has 148 valence electrons. The molecule has 1 saturated carbocycles. The monoisotopic (exact) mass is 374 g/mol. The first-order chi connectivity index (χ1) is 13.1. The summed E-state index contributed by atoms with van der Waals surface area (Å²) in [4.78, 5) is 26.4. The van der Waals surface area contributed by atoms with Crippen molar-refractivity contribution in [2.75, 3.05) is 25.5 Å². The van der Waals surface area contributed by atoms with Gasteiger partial charge < -0.3 is 25.6 Å². The van der Waals surface area contributed by atoms with E-state index in [0.29, 0.717) is 19.1 Å². The second kappa shape index (κ2) is 9.48. The first kappa shape index (κ1) is 19.3. The number of methoxy groups -OCH3 is 1. The number of carbonyl (C=O) groups excluding carboxylic acids is 2. The SMILES string of the molecule is COc1ccc(NC(=O)NC2CCN(C(=O)NC3CCCCC3)CC2)cc1. The summed E-state index contributed by atoms with van der Waals surface area (Å²) in [6.07, 6.45) is 7.43. The van der Waals surface area contributed by atoms with Crippen LogP contribution in [0.2, 0.25) is 0 Å². The van der Waals surface area contributed by atoms with Gasteiger partial charge in [0.1, 0.15) is 5.75 Å². The molecule has 0 unspecified atom stereocenters. The fraction of sp³-hybridized carbons (Fsp3) is 0.600. The fourth-order valence-corrected chi connectivity index (χ4v) is 3.77. The average Bonchev–Trinajstić information content (AvgIpc) is 2.70. The highest BCUT2D eigenvalue weighted by Gasteiger charge is 2.25. The van der Waals surface area contributed by atoms with Gasteiger partial charge in [-0.3, -0.25) is 0 Å². The first-order valence-electron chi connectivity index (χ1n) is 9.91. The average molecular weight is 374 g/mol. The van der Waals surface area contributed by atoms with Crippen molar-refractivity contribution >= 4 is 17.7 Å². The van der Waals surface area contributed by atoms with Gasteiger partial charge in [-0.05, 0) is 49.9 Å². The van der Waals surface area contributed by atoms with Crippen molar-refractivity contribution in [1.29, 1.82) is 0 Å². The molecule has 4 amide bonds. The number of urea groups is 2. The number of rotatable bonds is 4. The van der Waals surface area contributed by atoms with E-state index >= 15 is 0 Å². The van der Waals surface area contributed by atoms with Crippen LogP contribution in [0.15, 0.2) is 24.3 Å². The van der Waals surface area contributed by atoms with E-state index in [1.54, 1.807) is 31.4 Å². The quantitative estimate of drug-likeness (QED) is 0.756. The summed E-state index contributed by atoms with van der Waals surface area (Å²) in [5, 5.41) is 8.99. The normalized spacial score (nSPS) is 18.6. The van der Waals surface area contributed by atoms with Gasteiger partial charge in [0.05, 0.1) is 7.11 Å². The van der Waals surface area contributed by atoms with Gasteiger partial charge >= 0.3 is 12.1 Å². The Morgan fingerprint density at radius 3 is 2.19 bits per heavy atom. The van der Waals surface area contributed by atoms with Gasteiger partial charge in [-0.25, -0.2) is 9.59 Å². The van der Waals surface area contributed by atoms with Crippen LogP contribution < -0.4 is 20.7 Å². The van der Waals surface area contributed by atoms with E-state index in [0.717, 1.165) is 37.1 Å². The summed E-state index contributed by atoms with van der Waals surface area (Å²) in [6, 6.07) is 7.46. The number of nitrogens with one attached hydrogen (secondary N) is 3. The van der Waals surface area contributed by atoms with Crippen LogP contribution >= 0.6 is 0 Å². The summed E-state index contributed by atoms with van der Waals surface area (Å²) in [6.45, 7) is 1.35. The maximum atomic E-state index is 12.4. The second-order valence-electron chi connectivity index (χ2n) is 7.37. The van der Waals surface area contributed by atoms with Crippen LogP contribution in [0.25, 0.3) is 0 Å². The van der Waals surface area contributed by atoms with Crippen LogP contribution in [-0.2, 0) is 0 Å². The third-order valence-electron chi connectivity index (χ3n) is 5.40. The van der Waals surface area contributed by atoms with Crippen LogP contribution in [0.4, 0.5) is 15.3 Å². The van der Waals surface area contributed by atoms with Gasteiger partial charge in [0.15, 0.2) is 0 Å². The van der Waals surface area contributed by atoms with E-state index in [2.05, 4.69) is 16.0 Å². The Bertz CT molecular complexity index is 621. The lowest BCUT2D eigenvalue weighted by Crippen LogP contribution is -2.52. The summed E-state index contributed by atoms with van der Waals surface area (Å²) < 4.78 is 5.11. The van der Waals surface area contributed by atoms with Crippen LogP contribution in [-0.4, -0.2) is 49.2 Å². The number of amides is 4. The number of benzene rings is 1. The first-order valence-corrected chi connectivity index (χ1v) is 9.91. The van der Waals surface area contributed by atoms with Gasteiger partial charge in [-0.2, -0.15) is 0 Å². The van der Waals surface area contributed by atoms with Crippen LogP contribution in [0.3, 0.4) is 0 Å². The number of hydrogen-bond acceptors (Lipinski definition) is 3.